The van der Waals surface area contributed by atoms with Gasteiger partial charge in [-0.05, 0) is 24.5 Å². The summed E-state index contributed by atoms with van der Waals surface area (Å²) in [5.41, 5.74) is 1.29. The van der Waals surface area contributed by atoms with Crippen molar-refractivity contribution < 1.29 is 9.59 Å². The van der Waals surface area contributed by atoms with Gasteiger partial charge in [-0.1, -0.05) is 30.3 Å². The molecule has 4 heteroatoms. The van der Waals surface area contributed by atoms with E-state index < -0.39 is 0 Å². The Kier molecular flexibility index (Phi) is 2.63. The lowest BCUT2D eigenvalue weighted by molar-refractivity contribution is -0.140. The van der Waals surface area contributed by atoms with Gasteiger partial charge in [0.05, 0.1) is 0 Å². The molecule has 2 heterocycles. The molecule has 4 nitrogen and oxygen atoms in total. The molecule has 1 aromatic carbocycles. The van der Waals surface area contributed by atoms with Crippen molar-refractivity contribution in [3.8, 4) is 0 Å². The molecule has 0 aromatic heterocycles. The van der Waals surface area contributed by atoms with E-state index in [2.05, 4.69) is 5.32 Å². The van der Waals surface area contributed by atoms with Crippen LogP contribution in [-0.2, 0) is 9.59 Å². The Hall–Kier alpha value is -2.10. The molecule has 1 N–H and O–H groups in total. The second-order valence-electron chi connectivity index (χ2n) is 4.61. The summed E-state index contributed by atoms with van der Waals surface area (Å²) >= 11 is 0. The molecule has 92 valence electrons. The Morgan fingerprint density at radius 3 is 2.78 bits per heavy atom. The van der Waals surface area contributed by atoms with Crippen LogP contribution >= 0.6 is 0 Å². The molecular formula is C14H14N2O2. The van der Waals surface area contributed by atoms with Crippen LogP contribution in [0.3, 0.4) is 0 Å². The lowest BCUT2D eigenvalue weighted by atomic mass is 10.1. The number of rotatable bonds is 1. The highest BCUT2D eigenvalue weighted by Gasteiger charge is 2.40. The number of hydrogen-bond acceptors (Lipinski definition) is 2. The van der Waals surface area contributed by atoms with E-state index in [9.17, 15) is 9.59 Å². The quantitative estimate of drug-likeness (QED) is 0.751. The summed E-state index contributed by atoms with van der Waals surface area (Å²) in [5, 5.41) is 2.72. The van der Waals surface area contributed by atoms with Gasteiger partial charge in [-0.15, -0.1) is 0 Å². The third-order valence-electron chi connectivity index (χ3n) is 3.42. The van der Waals surface area contributed by atoms with Gasteiger partial charge in [-0.3, -0.25) is 9.59 Å². The van der Waals surface area contributed by atoms with E-state index in [1.54, 1.807) is 11.0 Å². The van der Waals surface area contributed by atoms with E-state index in [1.807, 2.05) is 30.3 Å². The van der Waals surface area contributed by atoms with Crippen molar-refractivity contribution in [3.05, 3.63) is 41.6 Å². The third-order valence-corrected chi connectivity index (χ3v) is 3.42. The predicted octanol–water partition coefficient (Wildman–Crippen LogP) is 1.15. The highest BCUT2D eigenvalue weighted by molar-refractivity contribution is 6.07. The molecule has 3 rings (SSSR count). The average molecular weight is 242 g/mol. The summed E-state index contributed by atoms with van der Waals surface area (Å²) in [4.78, 5) is 25.8. The molecule has 2 aliphatic rings. The number of fused-ring (bicyclic) bond motifs is 1. The lowest BCUT2D eigenvalue weighted by Gasteiger charge is -2.30. The van der Waals surface area contributed by atoms with Crippen molar-refractivity contribution in [1.82, 2.24) is 10.2 Å². The van der Waals surface area contributed by atoms with Crippen LogP contribution in [0.5, 0.6) is 0 Å². The molecule has 0 saturated carbocycles. The first-order valence-corrected chi connectivity index (χ1v) is 6.14. The summed E-state index contributed by atoms with van der Waals surface area (Å²) in [5.74, 6) is -0.129. The third kappa shape index (κ3) is 1.79. The standard InChI is InChI=1S/C14H14N2O2/c17-13-12-7-4-8-16(12)14(18)11(15-13)9-10-5-2-1-3-6-10/h1-3,5-6,9,12H,4,7-8H2,(H,15,17)/b11-9+/t12-/m0/s1. The number of hydrogen-bond donors (Lipinski definition) is 1. The van der Waals surface area contributed by atoms with E-state index >= 15 is 0 Å². The van der Waals surface area contributed by atoms with Gasteiger partial charge in [-0.25, -0.2) is 0 Å². The normalized spacial score (nSPS) is 25.2. The van der Waals surface area contributed by atoms with Crippen LogP contribution in [0.1, 0.15) is 18.4 Å². The van der Waals surface area contributed by atoms with Crippen LogP contribution < -0.4 is 5.32 Å². The van der Waals surface area contributed by atoms with Crippen LogP contribution in [0, 0.1) is 0 Å². The Morgan fingerprint density at radius 2 is 2.00 bits per heavy atom. The van der Waals surface area contributed by atoms with E-state index in [0.717, 1.165) is 18.4 Å². The molecule has 2 fully saturated rings. The largest absolute Gasteiger partial charge is 0.325 e. The van der Waals surface area contributed by atoms with Gasteiger partial charge in [-0.2, -0.15) is 0 Å². The highest BCUT2D eigenvalue weighted by Crippen LogP contribution is 2.24. The first kappa shape index (κ1) is 11.0. The van der Waals surface area contributed by atoms with E-state index in [4.69, 9.17) is 0 Å². The average Bonchev–Trinajstić information content (AvgIpc) is 2.87. The Balaban J connectivity index is 1.91. The first-order chi connectivity index (χ1) is 8.75. The van der Waals surface area contributed by atoms with Gasteiger partial charge in [0.2, 0.25) is 5.91 Å². The first-order valence-electron chi connectivity index (χ1n) is 6.14. The summed E-state index contributed by atoms with van der Waals surface area (Å²) in [6, 6.07) is 9.27. The lowest BCUT2D eigenvalue weighted by Crippen LogP contribution is -2.53. The fourth-order valence-electron chi connectivity index (χ4n) is 2.52. The fraction of sp³-hybridized carbons (Fsp3) is 0.286. The maximum Gasteiger partial charge on any atom is 0.271 e. The second kappa shape index (κ2) is 4.29. The molecule has 1 aromatic rings. The van der Waals surface area contributed by atoms with Crippen LogP contribution in [-0.4, -0.2) is 29.3 Å². The summed E-state index contributed by atoms with van der Waals surface area (Å²) in [6.07, 6.45) is 3.41. The minimum atomic E-state index is -0.259. The summed E-state index contributed by atoms with van der Waals surface area (Å²) < 4.78 is 0. The monoisotopic (exact) mass is 242 g/mol. The number of carbonyl (C=O) groups excluding carboxylic acids is 2. The maximum atomic E-state index is 12.2. The molecule has 0 unspecified atom stereocenters. The number of amides is 2. The Labute approximate surface area is 105 Å². The second-order valence-corrected chi connectivity index (χ2v) is 4.61. The summed E-state index contributed by atoms with van der Waals surface area (Å²) in [6.45, 7) is 0.684. The molecule has 0 bridgehead atoms. The molecule has 1 atom stereocenters. The van der Waals surface area contributed by atoms with Gasteiger partial charge in [0.15, 0.2) is 0 Å². The van der Waals surface area contributed by atoms with Crippen LogP contribution in [0.2, 0.25) is 0 Å². The zero-order valence-corrected chi connectivity index (χ0v) is 9.93. The van der Waals surface area contributed by atoms with Crippen molar-refractivity contribution in [2.75, 3.05) is 6.54 Å². The van der Waals surface area contributed by atoms with Crippen molar-refractivity contribution >= 4 is 17.9 Å². The van der Waals surface area contributed by atoms with Crippen molar-refractivity contribution in [1.29, 1.82) is 0 Å². The topological polar surface area (TPSA) is 49.4 Å². The zero-order chi connectivity index (χ0) is 12.5. The Bertz CT molecular complexity index is 522. The number of piperazine rings is 1. The minimum absolute atomic E-state index is 0.0609. The molecule has 0 aliphatic carbocycles. The smallest absolute Gasteiger partial charge is 0.271 e. The number of benzene rings is 1. The number of carbonyl (C=O) groups is 2. The molecule has 2 amide bonds. The fourth-order valence-corrected chi connectivity index (χ4v) is 2.52. The highest BCUT2D eigenvalue weighted by atomic mass is 16.2. The maximum absolute atomic E-state index is 12.2. The van der Waals surface area contributed by atoms with Gasteiger partial charge in [0, 0.05) is 6.54 Å². The van der Waals surface area contributed by atoms with Crippen LogP contribution in [0.25, 0.3) is 6.08 Å². The van der Waals surface area contributed by atoms with E-state index in [1.165, 1.54) is 0 Å². The zero-order valence-electron chi connectivity index (χ0n) is 9.93. The Morgan fingerprint density at radius 1 is 1.22 bits per heavy atom. The van der Waals surface area contributed by atoms with Gasteiger partial charge < -0.3 is 10.2 Å². The molecule has 2 saturated heterocycles. The molecular weight excluding hydrogens is 228 g/mol. The number of nitrogens with zero attached hydrogens (tertiary/aromatic N) is 1. The van der Waals surface area contributed by atoms with Gasteiger partial charge in [0.25, 0.3) is 5.91 Å². The van der Waals surface area contributed by atoms with Crippen molar-refractivity contribution in [3.63, 3.8) is 0 Å². The molecule has 0 spiro atoms. The van der Waals surface area contributed by atoms with Crippen LogP contribution in [0.4, 0.5) is 0 Å². The van der Waals surface area contributed by atoms with Gasteiger partial charge in [0.1, 0.15) is 11.7 Å². The SMILES string of the molecule is O=C1N/C(=C/c2ccccc2)C(=O)N2CCC[C@@H]12. The number of nitrogens with one attached hydrogen (secondary N) is 1. The van der Waals surface area contributed by atoms with Crippen molar-refractivity contribution in [2.45, 2.75) is 18.9 Å². The molecule has 18 heavy (non-hydrogen) atoms. The minimum Gasteiger partial charge on any atom is -0.325 e. The van der Waals surface area contributed by atoms with Crippen molar-refractivity contribution in [2.24, 2.45) is 0 Å². The van der Waals surface area contributed by atoms with Gasteiger partial charge >= 0.3 is 0 Å². The van der Waals surface area contributed by atoms with E-state index in [0.29, 0.717) is 12.2 Å². The van der Waals surface area contributed by atoms with E-state index in [-0.39, 0.29) is 17.9 Å². The molecule has 0 radical (unpaired) electrons. The van der Waals surface area contributed by atoms with Crippen LogP contribution in [0.15, 0.2) is 36.0 Å². The molecule has 2 aliphatic heterocycles. The predicted molar refractivity (Wildman–Crippen MR) is 67.3 cm³/mol. The summed E-state index contributed by atoms with van der Waals surface area (Å²) in [7, 11) is 0.